The van der Waals surface area contributed by atoms with Crippen molar-refractivity contribution in [2.45, 2.75) is 66.3 Å². The van der Waals surface area contributed by atoms with Crippen molar-refractivity contribution in [3.63, 3.8) is 0 Å². The van der Waals surface area contributed by atoms with Crippen LogP contribution >= 0.6 is 0 Å². The first-order chi connectivity index (χ1) is 9.74. The first-order valence-corrected chi connectivity index (χ1v) is 7.82. The van der Waals surface area contributed by atoms with Gasteiger partial charge in [-0.05, 0) is 12.8 Å². The van der Waals surface area contributed by atoms with Gasteiger partial charge in [-0.15, -0.1) is 0 Å². The number of likely N-dealkylation sites (tertiary alicyclic amines) is 1. The summed E-state index contributed by atoms with van der Waals surface area (Å²) in [6.45, 7) is 20.3. The van der Waals surface area contributed by atoms with E-state index in [4.69, 9.17) is 0 Å². The van der Waals surface area contributed by atoms with E-state index in [2.05, 4.69) is 20.4 Å². The number of aliphatic hydroxyl groups excluding tert-OH is 3. The Morgan fingerprint density at radius 3 is 1.38 bits per heavy atom. The second kappa shape index (κ2) is 28.9. The molecule has 0 amide bonds. The smallest absolute Gasteiger partial charge is 0.152 e. The van der Waals surface area contributed by atoms with Gasteiger partial charge in [0.2, 0.25) is 0 Å². The Kier molecular flexibility index (Phi) is 52.8. The van der Waals surface area contributed by atoms with Gasteiger partial charge in [-0.1, -0.05) is 28.2 Å². The van der Waals surface area contributed by atoms with Crippen LogP contribution in [0.4, 0.5) is 0 Å². The van der Waals surface area contributed by atoms with Gasteiger partial charge < -0.3 is 26.7 Å². The van der Waals surface area contributed by atoms with Crippen LogP contribution in [-0.4, -0.2) is 64.3 Å². The number of quaternary nitrogens is 1. The molecular formula is C18H40NO3Y4-. The van der Waals surface area contributed by atoms with Crippen molar-refractivity contribution >= 4 is 0 Å². The summed E-state index contributed by atoms with van der Waals surface area (Å²) in [5.74, 6) is 0. The summed E-state index contributed by atoms with van der Waals surface area (Å²) in [6, 6.07) is 0. The molecule has 0 bridgehead atoms. The standard InChI is InChI=1S/C11H24NO3.C4H7.C2H5.CH4.4Y/c1-3-9(13)5-12(6-10(14)4-2)7-11(15)8-12;1-4(2)3;1-2;;;;;/h9-11,13-15H,3-8H2,1-2H3;1-2H2,3H3;1H2,2H3;1H4;;;;/q+1;2*-1;;;;;. The molecule has 0 aliphatic carbocycles. The quantitative estimate of drug-likeness (QED) is 0.300. The van der Waals surface area contributed by atoms with Crippen LogP contribution < -0.4 is 0 Å². The minimum Gasteiger partial charge on any atom is -0.387 e. The minimum atomic E-state index is -0.318. The van der Waals surface area contributed by atoms with Gasteiger partial charge >= 0.3 is 0 Å². The summed E-state index contributed by atoms with van der Waals surface area (Å²) in [5, 5.41) is 28.7. The molecule has 1 saturated heterocycles. The third-order valence-corrected chi connectivity index (χ3v) is 3.33. The number of hydrogen-bond acceptors (Lipinski definition) is 3. The molecule has 1 aliphatic rings. The number of rotatable bonds is 6. The van der Waals surface area contributed by atoms with E-state index in [9.17, 15) is 15.3 Å². The van der Waals surface area contributed by atoms with E-state index < -0.39 is 0 Å². The Hall–Kier alpha value is 3.87. The summed E-state index contributed by atoms with van der Waals surface area (Å²) in [6.07, 6.45) is 0.581. The molecule has 0 spiro atoms. The molecule has 148 valence electrons. The number of allylic oxidation sites excluding steroid dienone is 1. The van der Waals surface area contributed by atoms with Crippen LogP contribution in [0, 0.1) is 13.8 Å². The predicted molar refractivity (Wildman–Crippen MR) is 96.3 cm³/mol. The molecular weight excluding hydrogens is 634 g/mol. The molecule has 1 aliphatic heterocycles. The maximum absolute atomic E-state index is 9.65. The molecule has 0 saturated carbocycles. The first-order valence-electron chi connectivity index (χ1n) is 7.82. The largest absolute Gasteiger partial charge is 0.387 e. The van der Waals surface area contributed by atoms with Crippen LogP contribution in [-0.2, 0) is 131 Å². The van der Waals surface area contributed by atoms with Gasteiger partial charge in [0.15, 0.2) is 6.10 Å². The second-order valence-electron chi connectivity index (χ2n) is 5.81. The zero-order chi connectivity index (χ0) is 17.1. The molecule has 4 nitrogen and oxygen atoms in total. The van der Waals surface area contributed by atoms with Crippen LogP contribution in [0.15, 0.2) is 12.2 Å². The Morgan fingerprint density at radius 1 is 1.00 bits per heavy atom. The van der Waals surface area contributed by atoms with Gasteiger partial charge in [-0.25, -0.2) is 19.1 Å². The third kappa shape index (κ3) is 25.9. The number of nitrogens with zero attached hydrogens (tertiary/aromatic N) is 1. The summed E-state index contributed by atoms with van der Waals surface area (Å²) in [7, 11) is 0. The zero-order valence-electron chi connectivity index (χ0n) is 16.7. The predicted octanol–water partition coefficient (Wildman–Crippen LogP) is 2.58. The van der Waals surface area contributed by atoms with Crippen molar-refractivity contribution < 1.29 is 151 Å². The maximum atomic E-state index is 9.65. The third-order valence-electron chi connectivity index (χ3n) is 3.33. The Labute approximate surface area is 264 Å². The van der Waals surface area contributed by atoms with E-state index in [1.54, 1.807) is 6.92 Å². The van der Waals surface area contributed by atoms with Crippen LogP contribution in [0.2, 0.25) is 0 Å². The molecule has 0 aromatic carbocycles. The van der Waals surface area contributed by atoms with Crippen LogP contribution in [0.3, 0.4) is 0 Å². The van der Waals surface area contributed by atoms with Gasteiger partial charge in [0, 0.05) is 131 Å². The van der Waals surface area contributed by atoms with Gasteiger partial charge in [-0.3, -0.25) is 0 Å². The van der Waals surface area contributed by atoms with E-state index in [1.807, 2.05) is 20.8 Å². The Bertz CT molecular complexity index is 261. The van der Waals surface area contributed by atoms with Crippen LogP contribution in [0.25, 0.3) is 0 Å². The molecule has 1 heterocycles. The molecule has 3 N–H and O–H groups in total. The summed E-state index contributed by atoms with van der Waals surface area (Å²) in [5.41, 5.74) is 0.917. The van der Waals surface area contributed by atoms with Gasteiger partial charge in [-0.2, -0.15) is 6.92 Å². The maximum Gasteiger partial charge on any atom is 0.152 e. The molecule has 0 aromatic heterocycles. The van der Waals surface area contributed by atoms with Crippen molar-refractivity contribution in [1.29, 1.82) is 0 Å². The minimum absolute atomic E-state index is 0. The average molecular weight is 674 g/mol. The van der Waals surface area contributed by atoms with E-state index in [-0.39, 0.29) is 157 Å². The average Bonchev–Trinajstić information content (AvgIpc) is 2.38. The fourth-order valence-electron chi connectivity index (χ4n) is 2.37. The van der Waals surface area contributed by atoms with E-state index in [1.165, 1.54) is 0 Å². The van der Waals surface area contributed by atoms with Crippen molar-refractivity contribution in [3.05, 3.63) is 26.0 Å². The molecule has 2 atom stereocenters. The number of aliphatic hydroxyl groups is 3. The SMILES string of the molecule is C.C=C([CH2-])C.CCC(O)C[N+]1(CC(O)CC)CC(O)C1.[CH2-]C.[Y].[Y].[Y].[Y]. The summed E-state index contributed by atoms with van der Waals surface area (Å²) in [4.78, 5) is 0. The topological polar surface area (TPSA) is 60.7 Å². The molecule has 1 rings (SSSR count). The molecule has 2 unspecified atom stereocenters. The second-order valence-corrected chi connectivity index (χ2v) is 5.81. The summed E-state index contributed by atoms with van der Waals surface area (Å²) >= 11 is 0. The van der Waals surface area contributed by atoms with E-state index in [0.717, 1.165) is 18.4 Å². The zero-order valence-corrected chi connectivity index (χ0v) is 28.0. The van der Waals surface area contributed by atoms with Crippen LogP contribution in [0.5, 0.6) is 0 Å². The normalized spacial score (nSPS) is 21.2. The van der Waals surface area contributed by atoms with Gasteiger partial charge in [0.05, 0.1) is 0 Å². The van der Waals surface area contributed by atoms with E-state index >= 15 is 0 Å². The van der Waals surface area contributed by atoms with Gasteiger partial charge in [0.25, 0.3) is 0 Å². The molecule has 26 heavy (non-hydrogen) atoms. The first kappa shape index (κ1) is 47.6. The molecule has 4 radical (unpaired) electrons. The fraction of sp³-hybridized carbons (Fsp3) is 0.778. The van der Waals surface area contributed by atoms with Crippen molar-refractivity contribution in [1.82, 2.24) is 0 Å². The Morgan fingerprint density at radius 2 is 1.23 bits per heavy atom. The van der Waals surface area contributed by atoms with Crippen molar-refractivity contribution in [3.8, 4) is 0 Å². The molecule has 1 fully saturated rings. The summed E-state index contributed by atoms with van der Waals surface area (Å²) < 4.78 is 0.672. The van der Waals surface area contributed by atoms with Crippen LogP contribution in [0.1, 0.15) is 48.0 Å². The van der Waals surface area contributed by atoms with Crippen molar-refractivity contribution in [2.75, 3.05) is 26.2 Å². The fourth-order valence-corrected chi connectivity index (χ4v) is 2.37. The van der Waals surface area contributed by atoms with E-state index in [0.29, 0.717) is 30.7 Å². The molecule has 0 aromatic rings. The molecule has 8 heteroatoms. The van der Waals surface area contributed by atoms with Crippen molar-refractivity contribution in [2.24, 2.45) is 0 Å². The Balaban J connectivity index is -0.0000000586. The monoisotopic (exact) mass is 674 g/mol. The number of hydrogen-bond donors (Lipinski definition) is 3. The van der Waals surface area contributed by atoms with Gasteiger partial charge in [0.1, 0.15) is 38.4 Å².